The van der Waals surface area contributed by atoms with Gasteiger partial charge >= 0.3 is 0 Å². The summed E-state index contributed by atoms with van der Waals surface area (Å²) in [7, 11) is 1.87. The number of aliphatic imine (C=N–C) groups is 1. The lowest BCUT2D eigenvalue weighted by molar-refractivity contribution is 0.279. The predicted molar refractivity (Wildman–Crippen MR) is 106 cm³/mol. The molecule has 1 atom stereocenters. The lowest BCUT2D eigenvalue weighted by atomic mass is 10.2. The first kappa shape index (κ1) is 18.6. The normalized spacial score (nSPS) is 18.4. The summed E-state index contributed by atoms with van der Waals surface area (Å²) in [5.74, 6) is 2.90. The fraction of sp³-hybridized carbons (Fsp3) is 0.632. The van der Waals surface area contributed by atoms with Crippen LogP contribution in [0.15, 0.2) is 17.1 Å². The van der Waals surface area contributed by atoms with Gasteiger partial charge in [-0.1, -0.05) is 43.9 Å². The average molecular weight is 349 g/mol. The van der Waals surface area contributed by atoms with Gasteiger partial charge in [-0.3, -0.25) is 9.89 Å². The molecule has 0 amide bonds. The Kier molecular flexibility index (Phi) is 8.22. The molecule has 0 bridgehead atoms. The number of terminal acetylenes is 1. The van der Waals surface area contributed by atoms with Crippen molar-refractivity contribution in [1.82, 2.24) is 4.90 Å². The fourth-order valence-electron chi connectivity index (χ4n) is 2.89. The molecule has 1 aromatic rings. The van der Waals surface area contributed by atoms with Crippen LogP contribution in [0.1, 0.15) is 55.2 Å². The molecule has 2 heterocycles. The zero-order valence-corrected chi connectivity index (χ0v) is 16.0. The lowest BCUT2D eigenvalue weighted by Gasteiger charge is -2.18. The van der Waals surface area contributed by atoms with Crippen molar-refractivity contribution in [2.75, 3.05) is 20.1 Å². The average Bonchev–Trinajstić information content (AvgIpc) is 2.86. The largest absolute Gasteiger partial charge is 0.298 e. The molecule has 0 aliphatic carbocycles. The zero-order valence-electron chi connectivity index (χ0n) is 14.4. The second-order valence-electron chi connectivity index (χ2n) is 6.05. The summed E-state index contributed by atoms with van der Waals surface area (Å²) in [5.41, 5.74) is 0. The second kappa shape index (κ2) is 10.2. The molecule has 1 unspecified atom stereocenters. The molecule has 0 radical (unpaired) electrons. The maximum atomic E-state index is 5.65. The number of hydrogen-bond acceptors (Lipinski definition) is 4. The molecular formula is C19H28N2S2. The molecule has 0 aromatic carbocycles. The lowest BCUT2D eigenvalue weighted by Crippen LogP contribution is -2.23. The van der Waals surface area contributed by atoms with E-state index in [1.54, 1.807) is 11.8 Å². The highest BCUT2D eigenvalue weighted by atomic mass is 32.2. The van der Waals surface area contributed by atoms with Crippen LogP contribution in [0.5, 0.6) is 0 Å². The molecule has 2 rings (SSSR count). The molecule has 0 spiro atoms. The van der Waals surface area contributed by atoms with Crippen molar-refractivity contribution in [3.8, 4) is 12.3 Å². The minimum atomic E-state index is 0.231. The first-order valence-corrected chi connectivity index (χ1v) is 10.4. The Balaban J connectivity index is 1.97. The number of nitrogens with zero attached hydrogens (tertiary/aromatic N) is 2. The topological polar surface area (TPSA) is 15.6 Å². The fourth-order valence-corrected chi connectivity index (χ4v) is 5.12. The van der Waals surface area contributed by atoms with Crippen LogP contribution >= 0.6 is 23.1 Å². The molecule has 23 heavy (non-hydrogen) atoms. The highest BCUT2D eigenvalue weighted by molar-refractivity contribution is 8.15. The third-order valence-corrected chi connectivity index (χ3v) is 6.63. The van der Waals surface area contributed by atoms with Gasteiger partial charge in [-0.25, -0.2) is 0 Å². The molecule has 2 nitrogen and oxygen atoms in total. The van der Waals surface area contributed by atoms with E-state index in [9.17, 15) is 0 Å². The van der Waals surface area contributed by atoms with Crippen LogP contribution in [0.2, 0.25) is 0 Å². The molecule has 126 valence electrons. The van der Waals surface area contributed by atoms with Gasteiger partial charge < -0.3 is 0 Å². The van der Waals surface area contributed by atoms with E-state index in [2.05, 4.69) is 34.9 Å². The molecule has 1 aromatic heterocycles. The van der Waals surface area contributed by atoms with E-state index >= 15 is 0 Å². The molecule has 1 aliphatic heterocycles. The Morgan fingerprint density at radius 3 is 2.70 bits per heavy atom. The SMILES string of the molecule is C#CC(CCC)SC(=NC)c1ccc(CN2CCCCCC2)s1. The van der Waals surface area contributed by atoms with Gasteiger partial charge in [0.25, 0.3) is 0 Å². The standard InChI is InChI=1S/C19H28N2S2/c1-4-10-16(5-2)23-19(20-3)18-12-11-17(22-18)15-21-13-8-6-7-9-14-21/h2,11-12,16H,4,6-10,13-15H2,1,3H3. The van der Waals surface area contributed by atoms with Gasteiger partial charge in [0.2, 0.25) is 0 Å². The summed E-state index contributed by atoms with van der Waals surface area (Å²) in [6, 6.07) is 4.48. The van der Waals surface area contributed by atoms with Crippen molar-refractivity contribution in [1.29, 1.82) is 0 Å². The molecular weight excluding hydrogens is 320 g/mol. The molecule has 1 fully saturated rings. The van der Waals surface area contributed by atoms with Crippen LogP contribution in [-0.2, 0) is 6.54 Å². The quantitative estimate of drug-likeness (QED) is 0.407. The van der Waals surface area contributed by atoms with Gasteiger partial charge in [0.15, 0.2) is 0 Å². The highest BCUT2D eigenvalue weighted by Crippen LogP contribution is 2.28. The third-order valence-electron chi connectivity index (χ3n) is 4.14. The highest BCUT2D eigenvalue weighted by Gasteiger charge is 2.15. The van der Waals surface area contributed by atoms with Gasteiger partial charge in [0, 0.05) is 18.5 Å². The minimum Gasteiger partial charge on any atom is -0.298 e. The van der Waals surface area contributed by atoms with Gasteiger partial charge in [-0.05, 0) is 44.5 Å². The summed E-state index contributed by atoms with van der Waals surface area (Å²) in [6.45, 7) is 5.75. The van der Waals surface area contributed by atoms with Gasteiger partial charge in [0.05, 0.1) is 10.1 Å². The first-order valence-electron chi connectivity index (χ1n) is 8.67. The molecule has 0 N–H and O–H groups in total. The van der Waals surface area contributed by atoms with Crippen LogP contribution in [0, 0.1) is 12.3 Å². The van der Waals surface area contributed by atoms with Crippen LogP contribution in [0.4, 0.5) is 0 Å². The summed E-state index contributed by atoms with van der Waals surface area (Å²) in [5, 5.41) is 1.32. The number of rotatable bonds is 6. The van der Waals surface area contributed by atoms with Crippen molar-refractivity contribution in [3.05, 3.63) is 21.9 Å². The molecule has 1 saturated heterocycles. The summed E-state index contributed by atoms with van der Waals surface area (Å²) >= 11 is 3.62. The van der Waals surface area contributed by atoms with Crippen molar-refractivity contribution in [2.24, 2.45) is 4.99 Å². The zero-order chi connectivity index (χ0) is 16.5. The summed E-state index contributed by atoms with van der Waals surface area (Å²) in [4.78, 5) is 9.79. The summed E-state index contributed by atoms with van der Waals surface area (Å²) in [6.07, 6.45) is 13.3. The predicted octanol–water partition coefficient (Wildman–Crippen LogP) is 5.04. The molecule has 1 aliphatic rings. The molecule has 4 heteroatoms. The van der Waals surface area contributed by atoms with Gasteiger partial charge in [-0.2, -0.15) is 0 Å². The van der Waals surface area contributed by atoms with E-state index in [0.717, 1.165) is 24.4 Å². The maximum absolute atomic E-state index is 5.65. The Bertz CT molecular complexity index is 534. The van der Waals surface area contributed by atoms with Crippen LogP contribution in [0.3, 0.4) is 0 Å². The van der Waals surface area contributed by atoms with Crippen molar-refractivity contribution in [3.63, 3.8) is 0 Å². The second-order valence-corrected chi connectivity index (χ2v) is 8.41. The van der Waals surface area contributed by atoms with E-state index in [1.165, 1.54) is 48.5 Å². The third kappa shape index (κ3) is 5.99. The van der Waals surface area contributed by atoms with Gasteiger partial charge in [0.1, 0.15) is 5.04 Å². The van der Waals surface area contributed by atoms with Crippen LogP contribution in [0.25, 0.3) is 0 Å². The number of likely N-dealkylation sites (tertiary alicyclic amines) is 1. The Hall–Kier alpha value is -0.760. The Morgan fingerprint density at radius 2 is 2.09 bits per heavy atom. The van der Waals surface area contributed by atoms with E-state index in [1.807, 2.05) is 18.4 Å². The van der Waals surface area contributed by atoms with E-state index < -0.39 is 0 Å². The monoisotopic (exact) mass is 348 g/mol. The van der Waals surface area contributed by atoms with E-state index in [0.29, 0.717) is 0 Å². The maximum Gasteiger partial charge on any atom is 0.108 e. The van der Waals surface area contributed by atoms with Gasteiger partial charge in [-0.15, -0.1) is 17.8 Å². The first-order chi connectivity index (χ1) is 11.3. The van der Waals surface area contributed by atoms with Crippen molar-refractivity contribution in [2.45, 2.75) is 57.2 Å². The van der Waals surface area contributed by atoms with E-state index in [-0.39, 0.29) is 5.25 Å². The number of hydrogen-bond donors (Lipinski definition) is 0. The van der Waals surface area contributed by atoms with Crippen molar-refractivity contribution >= 4 is 28.1 Å². The minimum absolute atomic E-state index is 0.231. The number of thioether (sulfide) groups is 1. The van der Waals surface area contributed by atoms with Crippen LogP contribution in [-0.4, -0.2) is 35.3 Å². The van der Waals surface area contributed by atoms with E-state index in [4.69, 9.17) is 6.42 Å². The molecule has 0 saturated carbocycles. The van der Waals surface area contributed by atoms with Crippen molar-refractivity contribution < 1.29 is 0 Å². The Labute approximate surface area is 149 Å². The smallest absolute Gasteiger partial charge is 0.108 e. The van der Waals surface area contributed by atoms with Crippen LogP contribution < -0.4 is 0 Å². The summed E-state index contributed by atoms with van der Waals surface area (Å²) < 4.78 is 0. The number of thiophene rings is 1. The Morgan fingerprint density at radius 1 is 1.35 bits per heavy atom.